The van der Waals surface area contributed by atoms with E-state index in [1.807, 2.05) is 44.2 Å². The van der Waals surface area contributed by atoms with Crippen molar-refractivity contribution in [2.24, 2.45) is 0 Å². The Hall–Kier alpha value is -3.13. The molecule has 6 nitrogen and oxygen atoms in total. The van der Waals surface area contributed by atoms with E-state index < -0.39 is 9.52 Å². The van der Waals surface area contributed by atoms with Gasteiger partial charge in [-0.3, -0.25) is 4.21 Å². The van der Waals surface area contributed by atoms with Gasteiger partial charge in [-0.15, -0.1) is 0 Å². The maximum Gasteiger partial charge on any atom is 0.324 e. The summed E-state index contributed by atoms with van der Waals surface area (Å²) in [6.45, 7) is 7.52. The normalized spacial score (nSPS) is 16.7. The molecule has 1 atom stereocenters. The summed E-state index contributed by atoms with van der Waals surface area (Å²) in [6.07, 6.45) is 5.61. The fourth-order valence-corrected chi connectivity index (χ4v) is 5.63. The summed E-state index contributed by atoms with van der Waals surface area (Å²) in [5.74, 6) is 0.706. The molecule has 2 aromatic heterocycles. The zero-order chi connectivity index (χ0) is 24.7. The molecule has 1 saturated heterocycles. The molecular formula is C27H31FN4O2S. The fraction of sp³-hybridized carbons (Fsp3) is 0.370. The van der Waals surface area contributed by atoms with Crippen LogP contribution in [0.2, 0.25) is 0 Å². The summed E-state index contributed by atoms with van der Waals surface area (Å²) in [5, 5.41) is 6.80. The number of fused-ring (bicyclic) bond motifs is 1. The Kier molecular flexibility index (Phi) is 6.17. The lowest BCUT2D eigenvalue weighted by Crippen LogP contribution is -2.34. The molecule has 1 aliphatic heterocycles. The monoisotopic (exact) mass is 494 g/mol. The van der Waals surface area contributed by atoms with Crippen molar-refractivity contribution in [3.05, 3.63) is 60.3 Å². The molecule has 0 N–H and O–H groups in total. The van der Waals surface area contributed by atoms with E-state index in [0.717, 1.165) is 53.1 Å². The Bertz CT molecular complexity index is 1470. The van der Waals surface area contributed by atoms with Crippen molar-refractivity contribution in [2.75, 3.05) is 24.2 Å². The number of piperidine rings is 1. The summed E-state index contributed by atoms with van der Waals surface area (Å²) in [5.41, 5.74) is 2.23. The second-order valence-electron chi connectivity index (χ2n) is 9.59. The first-order valence-electron chi connectivity index (χ1n) is 12.0. The molecule has 0 spiro atoms. The Morgan fingerprint density at radius 3 is 2.49 bits per heavy atom. The van der Waals surface area contributed by atoms with Crippen molar-refractivity contribution in [1.29, 1.82) is 0 Å². The van der Waals surface area contributed by atoms with Gasteiger partial charge in [0.2, 0.25) is 0 Å². The van der Waals surface area contributed by atoms with Gasteiger partial charge in [-0.1, -0.05) is 31.1 Å². The van der Waals surface area contributed by atoms with E-state index in [4.69, 9.17) is 4.52 Å². The van der Waals surface area contributed by atoms with Gasteiger partial charge in [-0.25, -0.2) is 4.39 Å². The smallest absolute Gasteiger partial charge is 0.324 e. The second-order valence-corrected chi connectivity index (χ2v) is 12.3. The second kappa shape index (κ2) is 9.15. The summed E-state index contributed by atoms with van der Waals surface area (Å²) < 4.78 is 35.5. The molecule has 0 bridgehead atoms. The molecule has 0 aliphatic carbocycles. The van der Waals surface area contributed by atoms with E-state index in [1.54, 1.807) is 24.6 Å². The number of rotatable bonds is 5. The van der Waals surface area contributed by atoms with Gasteiger partial charge in [-0.05, 0) is 70.5 Å². The van der Waals surface area contributed by atoms with Gasteiger partial charge < -0.3 is 14.0 Å². The molecule has 8 heteroatoms. The number of halogens is 1. The van der Waals surface area contributed by atoms with E-state index in [1.165, 1.54) is 0 Å². The van der Waals surface area contributed by atoms with Crippen LogP contribution in [0.3, 0.4) is 0 Å². The number of aromatic nitrogens is 3. The molecule has 5 rings (SSSR count). The maximum absolute atomic E-state index is 15.3. The summed E-state index contributed by atoms with van der Waals surface area (Å²) >= 11 is 0. The van der Waals surface area contributed by atoms with Gasteiger partial charge in [0.1, 0.15) is 5.82 Å². The van der Waals surface area contributed by atoms with Crippen molar-refractivity contribution in [2.45, 2.75) is 50.5 Å². The van der Waals surface area contributed by atoms with Gasteiger partial charge in [0, 0.05) is 53.3 Å². The lowest BCUT2D eigenvalue weighted by atomic mass is 10.0. The van der Waals surface area contributed by atoms with E-state index in [0.29, 0.717) is 11.6 Å². The largest absolute Gasteiger partial charge is 0.344 e. The first-order chi connectivity index (χ1) is 16.8. The Labute approximate surface area is 205 Å². The minimum atomic E-state index is -2.16. The SMILES string of the molecule is CC=S(C)(=O)c1ccc(-c2cc3ccn(C4CCN(c5nc(C(C)C)no5)CC4)c3cc2F)cc1. The minimum Gasteiger partial charge on any atom is -0.344 e. The van der Waals surface area contributed by atoms with Gasteiger partial charge in [0.25, 0.3) is 0 Å². The van der Waals surface area contributed by atoms with Crippen molar-refractivity contribution < 1.29 is 13.1 Å². The first-order valence-corrected chi connectivity index (χ1v) is 14.1. The van der Waals surface area contributed by atoms with Gasteiger partial charge in [0.05, 0.1) is 5.52 Å². The molecule has 0 saturated carbocycles. The van der Waals surface area contributed by atoms with Crippen LogP contribution in [0, 0.1) is 5.82 Å². The highest BCUT2D eigenvalue weighted by atomic mass is 32.2. The highest BCUT2D eigenvalue weighted by Crippen LogP contribution is 2.33. The summed E-state index contributed by atoms with van der Waals surface area (Å²) in [4.78, 5) is 7.41. The standard InChI is InChI=1S/C27H31FN4O2S/c1-5-35(4,33)22-8-6-19(7-9-22)23-16-20-10-15-32(25(20)17-24(23)28)21-11-13-31(14-12-21)27-29-26(18(2)3)30-34-27/h5-10,15-18,21H,11-14H2,1-4H3. The van der Waals surface area contributed by atoms with Gasteiger partial charge in [0.15, 0.2) is 5.82 Å². The summed E-state index contributed by atoms with van der Waals surface area (Å²) in [6, 6.07) is 13.8. The fourth-order valence-electron chi connectivity index (χ4n) is 4.68. The van der Waals surface area contributed by atoms with Gasteiger partial charge in [-0.2, -0.15) is 4.98 Å². The van der Waals surface area contributed by atoms with Crippen molar-refractivity contribution >= 4 is 31.8 Å². The number of hydrogen-bond donors (Lipinski definition) is 0. The molecule has 0 radical (unpaired) electrons. The van der Waals surface area contributed by atoms with Crippen LogP contribution in [0.15, 0.2) is 58.1 Å². The van der Waals surface area contributed by atoms with Crippen LogP contribution in [0.1, 0.15) is 51.4 Å². The molecule has 1 aliphatic rings. The van der Waals surface area contributed by atoms with Crippen LogP contribution < -0.4 is 4.90 Å². The summed E-state index contributed by atoms with van der Waals surface area (Å²) in [7, 11) is -2.16. The van der Waals surface area contributed by atoms with Crippen LogP contribution in [-0.2, 0) is 9.52 Å². The van der Waals surface area contributed by atoms with E-state index in [-0.39, 0.29) is 17.8 Å². The zero-order valence-corrected chi connectivity index (χ0v) is 21.4. The van der Waals surface area contributed by atoms with Crippen LogP contribution in [0.4, 0.5) is 10.4 Å². The lowest BCUT2D eigenvalue weighted by Gasteiger charge is -2.31. The third-order valence-electron chi connectivity index (χ3n) is 6.97. The van der Waals surface area contributed by atoms with Crippen molar-refractivity contribution in [1.82, 2.24) is 14.7 Å². The third kappa shape index (κ3) is 4.47. The molecule has 3 heterocycles. The third-order valence-corrected chi connectivity index (χ3v) is 9.08. The predicted molar refractivity (Wildman–Crippen MR) is 140 cm³/mol. The van der Waals surface area contributed by atoms with Gasteiger partial charge >= 0.3 is 6.01 Å². The van der Waals surface area contributed by atoms with Crippen molar-refractivity contribution in [3.63, 3.8) is 0 Å². The van der Waals surface area contributed by atoms with Crippen LogP contribution >= 0.6 is 0 Å². The topological polar surface area (TPSA) is 64.2 Å². The molecule has 1 fully saturated rings. The van der Waals surface area contributed by atoms with E-state index >= 15 is 4.39 Å². The minimum absolute atomic E-state index is 0.233. The molecule has 184 valence electrons. The lowest BCUT2D eigenvalue weighted by molar-refractivity contribution is 0.361. The first kappa shape index (κ1) is 23.6. The number of anilines is 1. The van der Waals surface area contributed by atoms with Crippen molar-refractivity contribution in [3.8, 4) is 11.1 Å². The number of nitrogens with zero attached hydrogens (tertiary/aromatic N) is 4. The molecule has 1 unspecified atom stereocenters. The average Bonchev–Trinajstić information content (AvgIpc) is 3.51. The predicted octanol–water partition coefficient (Wildman–Crippen LogP) is 5.89. The Morgan fingerprint density at radius 1 is 1.14 bits per heavy atom. The molecule has 0 amide bonds. The molecular weight excluding hydrogens is 463 g/mol. The highest BCUT2D eigenvalue weighted by Gasteiger charge is 2.25. The Morgan fingerprint density at radius 2 is 1.86 bits per heavy atom. The highest BCUT2D eigenvalue weighted by molar-refractivity contribution is 8.00. The van der Waals surface area contributed by atoms with E-state index in [9.17, 15) is 4.21 Å². The molecule has 2 aromatic carbocycles. The van der Waals surface area contributed by atoms with Crippen LogP contribution in [0.5, 0.6) is 0 Å². The Balaban J connectivity index is 1.36. The molecule has 4 aromatic rings. The zero-order valence-electron chi connectivity index (χ0n) is 20.6. The van der Waals surface area contributed by atoms with Crippen LogP contribution in [-0.4, -0.2) is 43.6 Å². The average molecular weight is 495 g/mol. The molecule has 35 heavy (non-hydrogen) atoms. The van der Waals surface area contributed by atoms with E-state index in [2.05, 4.69) is 31.9 Å². The number of benzene rings is 2. The number of hydrogen-bond acceptors (Lipinski definition) is 5. The van der Waals surface area contributed by atoms with Crippen LogP contribution in [0.25, 0.3) is 22.0 Å². The maximum atomic E-state index is 15.3. The quantitative estimate of drug-likeness (QED) is 0.324.